The highest BCUT2D eigenvalue weighted by molar-refractivity contribution is 5.85. The van der Waals surface area contributed by atoms with Gasteiger partial charge in [0.25, 0.3) is 0 Å². The number of hydrogen-bond acceptors (Lipinski definition) is 2. The van der Waals surface area contributed by atoms with Crippen LogP contribution in [-0.4, -0.2) is 30.4 Å². The summed E-state index contributed by atoms with van der Waals surface area (Å²) in [6, 6.07) is 0. The summed E-state index contributed by atoms with van der Waals surface area (Å²) >= 11 is 0. The third-order valence-electron chi connectivity index (χ3n) is 4.87. The second-order valence-electron chi connectivity index (χ2n) is 6.17. The van der Waals surface area contributed by atoms with Gasteiger partial charge in [-0.2, -0.15) is 0 Å². The number of hydrogen-bond donors (Lipinski definition) is 1. The number of carbonyl (C=O) groups excluding carboxylic acids is 1. The summed E-state index contributed by atoms with van der Waals surface area (Å²) in [5.74, 6) is 2.02. The Hall–Kier alpha value is -0.280. The molecule has 1 saturated carbocycles. The number of nitrogens with zero attached hydrogens (tertiary/aromatic N) is 1. The van der Waals surface area contributed by atoms with Gasteiger partial charge in [0.05, 0.1) is 0 Å². The Balaban J connectivity index is 0.00000180. The lowest BCUT2D eigenvalue weighted by Gasteiger charge is -2.24. The third-order valence-corrected chi connectivity index (χ3v) is 4.87. The summed E-state index contributed by atoms with van der Waals surface area (Å²) in [5, 5.41) is 0. The van der Waals surface area contributed by atoms with E-state index in [0.29, 0.717) is 11.8 Å². The Kier molecular flexibility index (Phi) is 7.16. The van der Waals surface area contributed by atoms with E-state index in [-0.39, 0.29) is 18.3 Å². The molecular formula is C15H29ClN2O. The van der Waals surface area contributed by atoms with E-state index < -0.39 is 0 Å². The van der Waals surface area contributed by atoms with Crippen LogP contribution in [-0.2, 0) is 4.79 Å². The summed E-state index contributed by atoms with van der Waals surface area (Å²) < 4.78 is 0. The fourth-order valence-corrected chi connectivity index (χ4v) is 3.57. The molecule has 112 valence electrons. The van der Waals surface area contributed by atoms with Gasteiger partial charge >= 0.3 is 0 Å². The van der Waals surface area contributed by atoms with Crippen LogP contribution in [0.1, 0.15) is 51.9 Å². The van der Waals surface area contributed by atoms with Gasteiger partial charge in [-0.15, -0.1) is 12.4 Å². The molecule has 0 spiro atoms. The quantitative estimate of drug-likeness (QED) is 0.845. The minimum atomic E-state index is 0. The number of rotatable bonds is 5. The van der Waals surface area contributed by atoms with Crippen LogP contribution in [0, 0.1) is 17.8 Å². The van der Waals surface area contributed by atoms with Crippen molar-refractivity contribution >= 4 is 18.3 Å². The first kappa shape index (κ1) is 16.8. The first-order valence-corrected chi connectivity index (χ1v) is 7.73. The molecule has 2 atom stereocenters. The highest BCUT2D eigenvalue weighted by atomic mass is 35.5. The number of halogens is 1. The van der Waals surface area contributed by atoms with E-state index in [9.17, 15) is 4.79 Å². The molecule has 2 unspecified atom stereocenters. The monoisotopic (exact) mass is 288 g/mol. The Labute approximate surface area is 123 Å². The summed E-state index contributed by atoms with van der Waals surface area (Å²) in [7, 11) is 0. The zero-order valence-corrected chi connectivity index (χ0v) is 13.0. The van der Waals surface area contributed by atoms with E-state index in [2.05, 4.69) is 11.8 Å². The topological polar surface area (TPSA) is 46.3 Å². The predicted octanol–water partition coefficient (Wildman–Crippen LogP) is 2.82. The van der Waals surface area contributed by atoms with E-state index >= 15 is 0 Å². The second kappa shape index (κ2) is 8.11. The fraction of sp³-hybridized carbons (Fsp3) is 0.933. The normalized spacial score (nSPS) is 25.4. The van der Waals surface area contributed by atoms with Crippen molar-refractivity contribution in [1.82, 2.24) is 4.90 Å². The molecule has 2 N–H and O–H groups in total. The summed E-state index contributed by atoms with van der Waals surface area (Å²) in [6.45, 7) is 4.72. The molecule has 0 aromatic rings. The van der Waals surface area contributed by atoms with E-state index in [0.717, 1.165) is 44.8 Å². The molecular weight excluding hydrogens is 260 g/mol. The van der Waals surface area contributed by atoms with Crippen molar-refractivity contribution in [2.24, 2.45) is 23.5 Å². The van der Waals surface area contributed by atoms with Crippen molar-refractivity contribution < 1.29 is 4.79 Å². The fourth-order valence-electron chi connectivity index (χ4n) is 3.57. The first-order chi connectivity index (χ1) is 8.74. The molecule has 0 aromatic carbocycles. The summed E-state index contributed by atoms with van der Waals surface area (Å²) in [6.07, 6.45) is 8.65. The van der Waals surface area contributed by atoms with Crippen LogP contribution in [0.25, 0.3) is 0 Å². The van der Waals surface area contributed by atoms with E-state index in [1.807, 2.05) is 0 Å². The molecule has 1 amide bonds. The maximum absolute atomic E-state index is 12.5. The predicted molar refractivity (Wildman–Crippen MR) is 81.3 cm³/mol. The molecule has 1 saturated heterocycles. The smallest absolute Gasteiger partial charge is 0.225 e. The van der Waals surface area contributed by atoms with Crippen LogP contribution in [0.3, 0.4) is 0 Å². The molecule has 19 heavy (non-hydrogen) atoms. The van der Waals surface area contributed by atoms with Crippen LogP contribution >= 0.6 is 12.4 Å². The standard InChI is InChI=1S/C15H28N2O.ClH/c1-2-14(9-12-5-3-4-6-12)15(18)17-8-7-13(10-16)11-17;/h12-14H,2-11,16H2,1H3;1H. The molecule has 2 aliphatic rings. The van der Waals surface area contributed by atoms with E-state index in [4.69, 9.17) is 5.73 Å². The lowest BCUT2D eigenvalue weighted by molar-refractivity contribution is -0.135. The van der Waals surface area contributed by atoms with Gasteiger partial charge in [0, 0.05) is 19.0 Å². The highest BCUT2D eigenvalue weighted by Gasteiger charge is 2.31. The molecule has 4 heteroatoms. The minimum Gasteiger partial charge on any atom is -0.342 e. The van der Waals surface area contributed by atoms with Crippen LogP contribution in [0.5, 0.6) is 0 Å². The third kappa shape index (κ3) is 4.35. The van der Waals surface area contributed by atoms with Crippen LogP contribution in [0.4, 0.5) is 0 Å². The van der Waals surface area contributed by atoms with E-state index in [1.54, 1.807) is 0 Å². The van der Waals surface area contributed by atoms with Crippen LogP contribution in [0.2, 0.25) is 0 Å². The number of likely N-dealkylation sites (tertiary alicyclic amines) is 1. The molecule has 0 aromatic heterocycles. The highest BCUT2D eigenvalue weighted by Crippen LogP contribution is 2.32. The molecule has 1 aliphatic heterocycles. The largest absolute Gasteiger partial charge is 0.342 e. The van der Waals surface area contributed by atoms with Gasteiger partial charge in [-0.3, -0.25) is 4.79 Å². The average Bonchev–Trinajstić information content (AvgIpc) is 3.06. The lowest BCUT2D eigenvalue weighted by atomic mass is 9.90. The summed E-state index contributed by atoms with van der Waals surface area (Å²) in [5.41, 5.74) is 5.70. The van der Waals surface area contributed by atoms with Gasteiger partial charge in [0.1, 0.15) is 0 Å². The Morgan fingerprint density at radius 3 is 2.47 bits per heavy atom. The average molecular weight is 289 g/mol. The van der Waals surface area contributed by atoms with Crippen molar-refractivity contribution in [3.63, 3.8) is 0 Å². The van der Waals surface area contributed by atoms with Crippen LogP contribution < -0.4 is 5.73 Å². The molecule has 2 fully saturated rings. The maximum atomic E-state index is 12.5. The molecule has 0 radical (unpaired) electrons. The van der Waals surface area contributed by atoms with Gasteiger partial charge in [-0.05, 0) is 37.6 Å². The van der Waals surface area contributed by atoms with Crippen molar-refractivity contribution in [3.8, 4) is 0 Å². The van der Waals surface area contributed by atoms with Gasteiger partial charge in [0.15, 0.2) is 0 Å². The van der Waals surface area contributed by atoms with Gasteiger partial charge in [-0.1, -0.05) is 32.6 Å². The zero-order valence-electron chi connectivity index (χ0n) is 12.1. The molecule has 1 aliphatic carbocycles. The van der Waals surface area contributed by atoms with Crippen molar-refractivity contribution in [2.45, 2.75) is 51.9 Å². The number of carbonyl (C=O) groups is 1. The van der Waals surface area contributed by atoms with Crippen molar-refractivity contribution in [3.05, 3.63) is 0 Å². The SMILES string of the molecule is CCC(CC1CCCC1)C(=O)N1CCC(CN)C1.Cl. The number of amides is 1. The van der Waals surface area contributed by atoms with Gasteiger partial charge < -0.3 is 10.6 Å². The Bertz CT molecular complexity index is 279. The van der Waals surface area contributed by atoms with Crippen molar-refractivity contribution in [2.75, 3.05) is 19.6 Å². The Morgan fingerprint density at radius 2 is 1.95 bits per heavy atom. The van der Waals surface area contributed by atoms with Gasteiger partial charge in [-0.25, -0.2) is 0 Å². The molecule has 0 bridgehead atoms. The van der Waals surface area contributed by atoms with Crippen molar-refractivity contribution in [1.29, 1.82) is 0 Å². The van der Waals surface area contributed by atoms with Crippen LogP contribution in [0.15, 0.2) is 0 Å². The molecule has 1 heterocycles. The van der Waals surface area contributed by atoms with E-state index in [1.165, 1.54) is 25.7 Å². The second-order valence-corrected chi connectivity index (χ2v) is 6.17. The first-order valence-electron chi connectivity index (χ1n) is 7.73. The molecule has 2 rings (SSSR count). The zero-order chi connectivity index (χ0) is 13.0. The Morgan fingerprint density at radius 1 is 1.26 bits per heavy atom. The summed E-state index contributed by atoms with van der Waals surface area (Å²) in [4.78, 5) is 14.6. The minimum absolute atomic E-state index is 0. The van der Waals surface area contributed by atoms with Gasteiger partial charge in [0.2, 0.25) is 5.91 Å². The maximum Gasteiger partial charge on any atom is 0.225 e. The lowest BCUT2D eigenvalue weighted by Crippen LogP contribution is -2.35. The number of nitrogens with two attached hydrogens (primary N) is 1. The molecule has 3 nitrogen and oxygen atoms in total.